The third kappa shape index (κ3) is 4.07. The number of carbonyl (C=O) groups excluding carboxylic acids is 1. The molecule has 0 saturated heterocycles. The Morgan fingerprint density at radius 1 is 1.29 bits per heavy atom. The van der Waals surface area contributed by atoms with E-state index in [0.717, 1.165) is 47.2 Å². The molecule has 0 saturated carbocycles. The average Bonchev–Trinajstić information content (AvgIpc) is 2.99. The number of fused-ring (bicyclic) bond motifs is 3. The van der Waals surface area contributed by atoms with Crippen molar-refractivity contribution in [3.05, 3.63) is 31.3 Å². The van der Waals surface area contributed by atoms with Crippen LogP contribution in [0.25, 0.3) is 10.2 Å². The third-order valence-electron chi connectivity index (χ3n) is 5.31. The lowest BCUT2D eigenvalue weighted by atomic mass is 9.89. The molecule has 1 N–H and O–H groups in total. The molecule has 0 aromatic carbocycles. The number of hydrogen-bond donors (Lipinski definition) is 1. The Morgan fingerprint density at radius 2 is 2.04 bits per heavy atom. The summed E-state index contributed by atoms with van der Waals surface area (Å²) in [5.74, 6) is 0.0305. The van der Waals surface area contributed by atoms with Gasteiger partial charge in [0.2, 0.25) is 0 Å². The fourth-order valence-electron chi connectivity index (χ4n) is 3.86. The number of esters is 1. The Kier molecular flexibility index (Phi) is 6.40. The van der Waals surface area contributed by atoms with Crippen molar-refractivity contribution in [2.24, 2.45) is 5.92 Å². The van der Waals surface area contributed by atoms with Crippen molar-refractivity contribution >= 4 is 27.5 Å². The van der Waals surface area contributed by atoms with E-state index in [0.29, 0.717) is 17.8 Å². The second kappa shape index (κ2) is 8.61. The van der Waals surface area contributed by atoms with Gasteiger partial charge in [-0.2, -0.15) is 0 Å². The molecule has 2 aromatic heterocycles. The summed E-state index contributed by atoms with van der Waals surface area (Å²) in [6.45, 7) is 5.29. The van der Waals surface area contributed by atoms with Crippen molar-refractivity contribution in [2.45, 2.75) is 52.6 Å². The summed E-state index contributed by atoms with van der Waals surface area (Å²) in [6.07, 6.45) is 3.67. The predicted octanol–water partition coefficient (Wildman–Crippen LogP) is 0.447. The first-order chi connectivity index (χ1) is 13.3. The van der Waals surface area contributed by atoms with Crippen molar-refractivity contribution in [3.8, 4) is 0 Å². The summed E-state index contributed by atoms with van der Waals surface area (Å²) in [5.41, 5.74) is 0.313. The van der Waals surface area contributed by atoms with Crippen LogP contribution in [0.5, 0.6) is 0 Å². The van der Waals surface area contributed by atoms with E-state index in [1.54, 1.807) is 22.8 Å². The molecule has 0 amide bonds. The van der Waals surface area contributed by atoms with Gasteiger partial charge < -0.3 is 9.64 Å². The van der Waals surface area contributed by atoms with Crippen molar-refractivity contribution in [3.63, 3.8) is 0 Å². The molecule has 8 heteroatoms. The van der Waals surface area contributed by atoms with Crippen LogP contribution in [0.3, 0.4) is 0 Å². The highest BCUT2D eigenvalue weighted by molar-refractivity contribution is 7.18. The largest absolute Gasteiger partial charge is 0.465 e. The summed E-state index contributed by atoms with van der Waals surface area (Å²) in [6, 6.07) is 0. The number of aryl methyl sites for hydroxylation is 2. The van der Waals surface area contributed by atoms with Crippen LogP contribution in [-0.2, 0) is 35.5 Å². The van der Waals surface area contributed by atoms with Gasteiger partial charge in [0.25, 0.3) is 5.56 Å². The van der Waals surface area contributed by atoms with E-state index in [1.807, 2.05) is 0 Å². The zero-order valence-corrected chi connectivity index (χ0v) is 18.0. The van der Waals surface area contributed by atoms with E-state index in [9.17, 15) is 14.4 Å². The van der Waals surface area contributed by atoms with E-state index in [-0.39, 0.29) is 18.7 Å². The molecule has 0 aliphatic heterocycles. The average molecular weight is 409 g/mol. The summed E-state index contributed by atoms with van der Waals surface area (Å²) in [7, 11) is 4.15. The second-order valence-electron chi connectivity index (χ2n) is 7.97. The van der Waals surface area contributed by atoms with Crippen LogP contribution >= 0.6 is 11.3 Å². The molecule has 7 nitrogen and oxygen atoms in total. The highest BCUT2D eigenvalue weighted by Gasteiger charge is 2.26. The molecule has 0 radical (unpaired) electrons. The zero-order chi connectivity index (χ0) is 20.4. The smallest absolute Gasteiger partial charge is 0.332 e. The van der Waals surface area contributed by atoms with Gasteiger partial charge in [-0.25, -0.2) is 9.36 Å². The number of thiophene rings is 1. The first-order valence-corrected chi connectivity index (χ1v) is 10.9. The monoisotopic (exact) mass is 408 g/mol. The predicted molar refractivity (Wildman–Crippen MR) is 110 cm³/mol. The van der Waals surface area contributed by atoms with Gasteiger partial charge in [-0.3, -0.25) is 14.2 Å². The molecule has 0 fully saturated rings. The van der Waals surface area contributed by atoms with Gasteiger partial charge in [-0.1, -0.05) is 6.92 Å². The molecule has 0 unspecified atom stereocenters. The number of carbonyl (C=O) groups is 1. The van der Waals surface area contributed by atoms with Crippen LogP contribution in [0.1, 0.15) is 37.1 Å². The molecule has 154 valence electrons. The Bertz CT molecular complexity index is 986. The zero-order valence-electron chi connectivity index (χ0n) is 17.2. The molecule has 3 rings (SSSR count). The number of nitrogens with zero attached hydrogens (tertiary/aromatic N) is 2. The SMILES string of the molecule is CCOC(=O)Cn1c(=O)c2c3c(sc2n(CCC[NH+](C)C)c1=O)C[C@H](C)CC3. The minimum absolute atomic E-state index is 0.224. The maximum Gasteiger partial charge on any atom is 0.332 e. The number of hydrogen-bond acceptors (Lipinski definition) is 5. The molecule has 2 aromatic rings. The summed E-state index contributed by atoms with van der Waals surface area (Å²) < 4.78 is 7.75. The van der Waals surface area contributed by atoms with Crippen molar-refractivity contribution in [1.82, 2.24) is 9.13 Å². The number of quaternary nitrogens is 1. The highest BCUT2D eigenvalue weighted by Crippen LogP contribution is 2.36. The molecule has 1 atom stereocenters. The van der Waals surface area contributed by atoms with Gasteiger partial charge >= 0.3 is 11.7 Å². The van der Waals surface area contributed by atoms with Gasteiger partial charge in [-0.05, 0) is 37.7 Å². The highest BCUT2D eigenvalue weighted by atomic mass is 32.1. The van der Waals surface area contributed by atoms with Gasteiger partial charge in [0.15, 0.2) is 0 Å². The Balaban J connectivity index is 2.15. The van der Waals surface area contributed by atoms with Gasteiger partial charge in [0.05, 0.1) is 32.6 Å². The maximum atomic E-state index is 13.2. The summed E-state index contributed by atoms with van der Waals surface area (Å²) in [5, 5.41) is 0.632. The number of ether oxygens (including phenoxy) is 1. The number of rotatable bonds is 7. The minimum atomic E-state index is -0.553. The number of aromatic nitrogens is 2. The molecular weight excluding hydrogens is 378 g/mol. The van der Waals surface area contributed by atoms with Gasteiger partial charge in [-0.15, -0.1) is 11.3 Å². The van der Waals surface area contributed by atoms with E-state index in [1.165, 1.54) is 9.78 Å². The number of nitrogens with one attached hydrogen (secondary N) is 1. The standard InChI is InChI=1S/C20H29N3O4S/c1-5-27-16(24)12-23-18(25)17-14-8-7-13(2)11-15(14)28-19(17)22(20(23)26)10-6-9-21(3)4/h13H,5-12H2,1-4H3/p+1/t13-/m1/s1. The molecule has 0 spiro atoms. The molecule has 1 aliphatic carbocycles. The lowest BCUT2D eigenvalue weighted by Crippen LogP contribution is -3.05. The van der Waals surface area contributed by atoms with Crippen molar-refractivity contribution in [1.29, 1.82) is 0 Å². The third-order valence-corrected chi connectivity index (χ3v) is 6.59. The fourth-order valence-corrected chi connectivity index (χ4v) is 5.39. The van der Waals surface area contributed by atoms with E-state index >= 15 is 0 Å². The van der Waals surface area contributed by atoms with Gasteiger partial charge in [0, 0.05) is 17.8 Å². The van der Waals surface area contributed by atoms with Crippen LogP contribution in [0.4, 0.5) is 0 Å². The van der Waals surface area contributed by atoms with Crippen LogP contribution in [-0.4, -0.2) is 42.4 Å². The summed E-state index contributed by atoms with van der Waals surface area (Å²) >= 11 is 1.58. The quantitative estimate of drug-likeness (QED) is 0.675. The molecule has 28 heavy (non-hydrogen) atoms. The molecule has 0 bridgehead atoms. The molecular formula is C20H30N3O4S+. The van der Waals surface area contributed by atoms with E-state index in [4.69, 9.17) is 4.74 Å². The topological polar surface area (TPSA) is 74.7 Å². The van der Waals surface area contributed by atoms with Crippen LogP contribution < -0.4 is 16.1 Å². The fraction of sp³-hybridized carbons (Fsp3) is 0.650. The maximum absolute atomic E-state index is 13.2. The van der Waals surface area contributed by atoms with E-state index < -0.39 is 11.7 Å². The summed E-state index contributed by atoms with van der Waals surface area (Å²) in [4.78, 5) is 41.6. The van der Waals surface area contributed by atoms with Gasteiger partial charge in [0.1, 0.15) is 11.4 Å². The second-order valence-corrected chi connectivity index (χ2v) is 9.06. The molecule has 2 heterocycles. The Hall–Kier alpha value is -1.93. The van der Waals surface area contributed by atoms with Crippen LogP contribution in [0.2, 0.25) is 0 Å². The minimum Gasteiger partial charge on any atom is -0.465 e. The van der Waals surface area contributed by atoms with Crippen LogP contribution in [0.15, 0.2) is 9.59 Å². The van der Waals surface area contributed by atoms with Crippen molar-refractivity contribution < 1.29 is 14.4 Å². The Labute approximate surface area is 168 Å². The Morgan fingerprint density at radius 3 is 2.71 bits per heavy atom. The lowest BCUT2D eigenvalue weighted by molar-refractivity contribution is -0.858. The first-order valence-electron chi connectivity index (χ1n) is 10.1. The first kappa shape index (κ1) is 20.8. The van der Waals surface area contributed by atoms with E-state index in [2.05, 4.69) is 21.0 Å². The van der Waals surface area contributed by atoms with Crippen LogP contribution in [0, 0.1) is 5.92 Å². The van der Waals surface area contributed by atoms with Crippen molar-refractivity contribution in [2.75, 3.05) is 27.2 Å². The normalized spacial score (nSPS) is 16.5. The molecule has 1 aliphatic rings. The lowest BCUT2D eigenvalue weighted by Gasteiger charge is -2.17.